The van der Waals surface area contributed by atoms with Crippen molar-refractivity contribution >= 4 is 11.9 Å². The van der Waals surface area contributed by atoms with E-state index < -0.39 is 11.9 Å². The van der Waals surface area contributed by atoms with Crippen molar-refractivity contribution in [2.75, 3.05) is 27.4 Å². The molecule has 7 nitrogen and oxygen atoms in total. The average Bonchev–Trinajstić information content (AvgIpc) is 2.51. The average molecular weight is 317 g/mol. The van der Waals surface area contributed by atoms with Crippen LogP contribution in [0.15, 0.2) is 18.2 Å². The van der Waals surface area contributed by atoms with Gasteiger partial charge in [-0.25, -0.2) is 4.79 Å². The minimum Gasteiger partial charge on any atom is -0.539 e. The Morgan fingerprint density at radius 3 is 2.41 bits per heavy atom. The van der Waals surface area contributed by atoms with Crippen LogP contribution >= 0.6 is 0 Å². The van der Waals surface area contributed by atoms with Gasteiger partial charge in [0.05, 0.1) is 33.0 Å². The molecule has 3 N–H and O–H groups in total. The third-order valence-corrected chi connectivity index (χ3v) is 2.57. The highest BCUT2D eigenvalue weighted by atomic mass is 19.1. The Bertz CT molecular complexity index is 468. The Morgan fingerprint density at radius 1 is 1.32 bits per heavy atom. The van der Waals surface area contributed by atoms with Gasteiger partial charge in [-0.3, -0.25) is 4.39 Å². The van der Waals surface area contributed by atoms with Crippen molar-refractivity contribution in [3.63, 3.8) is 0 Å². The van der Waals surface area contributed by atoms with Crippen molar-refractivity contribution in [3.05, 3.63) is 23.8 Å². The summed E-state index contributed by atoms with van der Waals surface area (Å²) >= 11 is 0. The van der Waals surface area contributed by atoms with E-state index in [4.69, 9.17) is 29.3 Å². The lowest BCUT2D eigenvalue weighted by Crippen LogP contribution is -2.82. The molecule has 0 spiro atoms. The molecule has 0 bridgehead atoms. The maximum atomic E-state index is 11.9. The van der Waals surface area contributed by atoms with Crippen molar-refractivity contribution in [2.45, 2.75) is 13.0 Å². The highest BCUT2D eigenvalue weighted by Gasteiger charge is 2.10. The second kappa shape index (κ2) is 11.3. The van der Waals surface area contributed by atoms with Crippen LogP contribution in [-0.4, -0.2) is 44.5 Å². The number of rotatable bonds is 7. The monoisotopic (exact) mass is 317 g/mol. The smallest absolute Gasteiger partial charge is 0.351 e. The number of carbonyl (C=O) groups is 2. The van der Waals surface area contributed by atoms with Gasteiger partial charge in [0.1, 0.15) is 6.54 Å². The van der Waals surface area contributed by atoms with Crippen molar-refractivity contribution in [3.8, 4) is 11.5 Å². The van der Waals surface area contributed by atoms with Gasteiger partial charge in [-0.05, 0) is 12.1 Å². The fourth-order valence-corrected chi connectivity index (χ4v) is 1.59. The summed E-state index contributed by atoms with van der Waals surface area (Å²) in [6.07, 6.45) is 0.590. The molecule has 22 heavy (non-hydrogen) atoms. The van der Waals surface area contributed by atoms with Gasteiger partial charge in [0.25, 0.3) is 0 Å². The molecule has 0 unspecified atom stereocenters. The van der Waals surface area contributed by atoms with Gasteiger partial charge in [-0.15, -0.1) is 0 Å². The van der Waals surface area contributed by atoms with Crippen LogP contribution < -0.4 is 19.9 Å². The minimum absolute atomic E-state index is 0.258. The molecule has 1 aromatic carbocycles. The van der Waals surface area contributed by atoms with Gasteiger partial charge >= 0.3 is 5.97 Å². The van der Waals surface area contributed by atoms with Crippen molar-refractivity contribution in [1.29, 1.82) is 0 Å². The first-order chi connectivity index (χ1) is 10.5. The topological polar surface area (TPSA) is 113 Å². The van der Waals surface area contributed by atoms with Crippen LogP contribution in [0.2, 0.25) is 0 Å². The summed E-state index contributed by atoms with van der Waals surface area (Å²) in [6.45, 7) is 1.31. The van der Waals surface area contributed by atoms with Gasteiger partial charge in [0.15, 0.2) is 17.5 Å². The first-order valence-electron chi connectivity index (χ1n) is 6.49. The van der Waals surface area contributed by atoms with E-state index in [1.54, 1.807) is 14.2 Å². The van der Waals surface area contributed by atoms with E-state index in [9.17, 15) is 4.39 Å². The molecule has 8 heteroatoms. The molecule has 0 aliphatic heterocycles. The van der Waals surface area contributed by atoms with Crippen molar-refractivity contribution in [2.24, 2.45) is 0 Å². The number of halogens is 1. The van der Waals surface area contributed by atoms with E-state index in [0.717, 1.165) is 30.2 Å². The summed E-state index contributed by atoms with van der Waals surface area (Å²) in [7, 11) is 3.25. The number of aliphatic carboxylic acids is 2. The van der Waals surface area contributed by atoms with Crippen LogP contribution in [0.5, 0.6) is 11.5 Å². The second-order valence-electron chi connectivity index (χ2n) is 4.07. The minimum atomic E-state index is -2.07. The van der Waals surface area contributed by atoms with E-state index in [0.29, 0.717) is 6.42 Å². The largest absolute Gasteiger partial charge is 0.539 e. The molecule has 0 saturated heterocycles. The number of alkyl halides is 1. The Labute approximate surface area is 127 Å². The molecule has 0 aromatic heterocycles. The molecular formula is C14H20FNO6. The number of quaternary nitrogens is 1. The number of benzene rings is 1. The molecule has 0 aliphatic carbocycles. The number of hydrogen-bond donors (Lipinski definition) is 2. The number of ether oxygens (including phenoxy) is 2. The predicted octanol–water partition coefficient (Wildman–Crippen LogP) is -1.05. The fourth-order valence-electron chi connectivity index (χ4n) is 1.59. The van der Waals surface area contributed by atoms with Gasteiger partial charge < -0.3 is 29.8 Å². The molecule has 0 fully saturated rings. The lowest BCUT2D eigenvalue weighted by molar-refractivity contribution is -0.670. The fraction of sp³-hybridized carbons (Fsp3) is 0.429. The number of methoxy groups -OCH3 is 2. The van der Waals surface area contributed by atoms with Crippen molar-refractivity contribution in [1.82, 2.24) is 0 Å². The van der Waals surface area contributed by atoms with E-state index in [-0.39, 0.29) is 6.67 Å². The normalized spacial score (nSPS) is 9.41. The first-order valence-corrected chi connectivity index (χ1v) is 6.49. The first kappa shape index (κ1) is 19.7. The SMILES string of the molecule is COc1cccc(C[NH2+]CCCF)c1OC.O=C([O-])C(=O)O. The highest BCUT2D eigenvalue weighted by molar-refractivity contribution is 6.26. The summed E-state index contributed by atoms with van der Waals surface area (Å²) in [5.41, 5.74) is 1.07. The zero-order valence-electron chi connectivity index (χ0n) is 12.5. The molecule has 0 aliphatic rings. The third-order valence-electron chi connectivity index (χ3n) is 2.57. The summed E-state index contributed by atoms with van der Waals surface area (Å²) < 4.78 is 22.4. The Balaban J connectivity index is 0.000000626. The second-order valence-corrected chi connectivity index (χ2v) is 4.07. The van der Waals surface area contributed by atoms with E-state index >= 15 is 0 Å². The number of nitrogens with two attached hydrogens (primary N) is 1. The Kier molecular flexibility index (Phi) is 10.1. The van der Waals surface area contributed by atoms with Crippen LogP contribution in [-0.2, 0) is 16.1 Å². The maximum absolute atomic E-state index is 11.9. The van der Waals surface area contributed by atoms with E-state index in [1.807, 2.05) is 18.2 Å². The summed E-state index contributed by atoms with van der Waals surface area (Å²) in [5.74, 6) is -2.51. The Morgan fingerprint density at radius 2 is 1.95 bits per heavy atom. The summed E-state index contributed by atoms with van der Waals surface area (Å²) in [4.78, 5) is 18.0. The maximum Gasteiger partial charge on any atom is 0.351 e. The molecule has 1 rings (SSSR count). The van der Waals surface area contributed by atoms with Crippen LogP contribution in [0, 0.1) is 0 Å². The van der Waals surface area contributed by atoms with Crippen LogP contribution in [0.1, 0.15) is 12.0 Å². The molecule has 0 radical (unpaired) electrons. The van der Waals surface area contributed by atoms with Crippen molar-refractivity contribution < 1.29 is 39.0 Å². The van der Waals surface area contributed by atoms with Gasteiger partial charge in [0, 0.05) is 6.42 Å². The lowest BCUT2D eigenvalue weighted by Gasteiger charge is -2.11. The number of carbonyl (C=O) groups excluding carboxylic acids is 1. The van der Waals surface area contributed by atoms with Gasteiger partial charge in [-0.2, -0.15) is 0 Å². The van der Waals surface area contributed by atoms with Gasteiger partial charge in [-0.1, -0.05) is 6.07 Å². The number of carboxylic acids is 2. The van der Waals surface area contributed by atoms with Crippen LogP contribution in [0.4, 0.5) is 4.39 Å². The molecule has 0 amide bonds. The predicted molar refractivity (Wildman–Crippen MR) is 73.3 cm³/mol. The zero-order valence-corrected chi connectivity index (χ0v) is 12.5. The van der Waals surface area contributed by atoms with Gasteiger partial charge in [0.2, 0.25) is 0 Å². The molecule has 0 atom stereocenters. The lowest BCUT2D eigenvalue weighted by atomic mass is 10.2. The third kappa shape index (κ3) is 7.44. The molecule has 0 heterocycles. The number of hydrogen-bond acceptors (Lipinski definition) is 5. The Hall–Kier alpha value is -2.35. The van der Waals surface area contributed by atoms with E-state index in [1.165, 1.54) is 0 Å². The quantitative estimate of drug-likeness (QED) is 0.490. The standard InChI is InChI=1S/C12H18FNO2.C2H2O4/c1-15-11-6-3-5-10(12(11)16-2)9-14-8-4-7-13;3-1(4)2(5)6/h3,5-6,14H,4,7-9H2,1-2H3;(H,3,4)(H,5,6). The zero-order chi connectivity index (χ0) is 17.0. The molecule has 124 valence electrons. The summed E-state index contributed by atoms with van der Waals surface area (Å²) in [5, 5.41) is 18.4. The van der Waals surface area contributed by atoms with Crippen LogP contribution in [0.25, 0.3) is 0 Å². The molecule has 0 saturated carbocycles. The summed E-state index contributed by atoms with van der Waals surface area (Å²) in [6, 6.07) is 5.79. The number of para-hydroxylation sites is 1. The highest BCUT2D eigenvalue weighted by Crippen LogP contribution is 2.29. The molecule has 1 aromatic rings. The van der Waals surface area contributed by atoms with Crippen LogP contribution in [0.3, 0.4) is 0 Å². The molecular weight excluding hydrogens is 297 g/mol. The number of carboxylic acid groups (broad SMARTS) is 2. The van der Waals surface area contributed by atoms with E-state index in [2.05, 4.69) is 5.32 Å².